The van der Waals surface area contributed by atoms with Gasteiger partial charge in [-0.15, -0.1) is 0 Å². The number of benzene rings is 2. The predicted octanol–water partition coefficient (Wildman–Crippen LogP) is 2.47. The average molecular weight is 381 g/mol. The van der Waals surface area contributed by atoms with Crippen molar-refractivity contribution in [3.05, 3.63) is 54.1 Å². The van der Waals surface area contributed by atoms with Gasteiger partial charge in [0.05, 0.1) is 11.6 Å². The summed E-state index contributed by atoms with van der Waals surface area (Å²) < 4.78 is 10.4. The fraction of sp³-hybridized carbons (Fsp3) is 0.200. The lowest BCUT2D eigenvalue weighted by Crippen LogP contribution is -2.29. The summed E-state index contributed by atoms with van der Waals surface area (Å²) in [5.41, 5.74) is 1.46. The highest BCUT2D eigenvalue weighted by Gasteiger charge is 2.18. The van der Waals surface area contributed by atoms with Gasteiger partial charge in [-0.25, -0.2) is 4.79 Å². The number of esters is 1. The Balaban J connectivity index is 1.82. The third kappa shape index (κ3) is 6.46. The molecule has 28 heavy (non-hydrogen) atoms. The molecular formula is C20H19N3O5. The number of hydrogen-bond donors (Lipinski definition) is 2. The molecule has 0 aliphatic heterocycles. The highest BCUT2D eigenvalue weighted by atomic mass is 16.6. The van der Waals surface area contributed by atoms with E-state index >= 15 is 0 Å². The Hall–Kier alpha value is -3.86. The number of carbonyl (C=O) groups excluding carboxylic acids is 3. The maximum atomic E-state index is 12.0. The van der Waals surface area contributed by atoms with E-state index in [4.69, 9.17) is 14.7 Å². The van der Waals surface area contributed by atoms with Crippen molar-refractivity contribution in [2.75, 3.05) is 17.2 Å². The van der Waals surface area contributed by atoms with Crippen molar-refractivity contribution in [2.24, 2.45) is 0 Å². The molecule has 0 saturated carbocycles. The summed E-state index contributed by atoms with van der Waals surface area (Å²) >= 11 is 0. The Morgan fingerprint density at radius 2 is 1.71 bits per heavy atom. The second kappa shape index (κ2) is 9.73. The lowest BCUT2D eigenvalue weighted by molar-refractivity contribution is -0.153. The summed E-state index contributed by atoms with van der Waals surface area (Å²) in [5, 5.41) is 13.9. The molecule has 0 saturated heterocycles. The summed E-state index contributed by atoms with van der Waals surface area (Å²) in [5.74, 6) is -1.05. The lowest BCUT2D eigenvalue weighted by atomic mass is 10.2. The molecule has 2 amide bonds. The number of hydrogen-bond acceptors (Lipinski definition) is 6. The zero-order valence-corrected chi connectivity index (χ0v) is 15.4. The zero-order chi connectivity index (χ0) is 20.5. The molecule has 2 aromatic rings. The van der Waals surface area contributed by atoms with Gasteiger partial charge in [0.1, 0.15) is 5.75 Å². The van der Waals surface area contributed by atoms with E-state index in [0.717, 1.165) is 0 Å². The van der Waals surface area contributed by atoms with E-state index in [2.05, 4.69) is 10.6 Å². The molecule has 0 aliphatic carbocycles. The van der Waals surface area contributed by atoms with Crippen molar-refractivity contribution in [3.8, 4) is 11.8 Å². The van der Waals surface area contributed by atoms with Crippen LogP contribution in [-0.2, 0) is 19.1 Å². The second-order valence-electron chi connectivity index (χ2n) is 5.81. The van der Waals surface area contributed by atoms with Gasteiger partial charge in [0.25, 0.3) is 5.91 Å². The first-order valence-corrected chi connectivity index (χ1v) is 8.38. The first-order valence-electron chi connectivity index (χ1n) is 8.38. The Bertz CT molecular complexity index is 903. The highest BCUT2D eigenvalue weighted by molar-refractivity contribution is 5.94. The fourth-order valence-corrected chi connectivity index (χ4v) is 2.19. The quantitative estimate of drug-likeness (QED) is 0.712. The number of ether oxygens (including phenoxy) is 2. The number of rotatable bonds is 7. The number of anilines is 2. The number of nitrogens with one attached hydrogen (secondary N) is 2. The van der Waals surface area contributed by atoms with Crippen molar-refractivity contribution in [1.29, 1.82) is 5.26 Å². The van der Waals surface area contributed by atoms with E-state index in [1.54, 1.807) is 48.5 Å². The maximum absolute atomic E-state index is 12.0. The summed E-state index contributed by atoms with van der Waals surface area (Å²) in [4.78, 5) is 35.0. The lowest BCUT2D eigenvalue weighted by Gasteiger charge is -2.14. The number of nitriles is 1. The van der Waals surface area contributed by atoms with E-state index in [9.17, 15) is 14.4 Å². The average Bonchev–Trinajstić information content (AvgIpc) is 2.66. The normalized spacial score (nSPS) is 10.9. The molecule has 0 aliphatic rings. The van der Waals surface area contributed by atoms with Gasteiger partial charge in [0, 0.05) is 18.3 Å². The van der Waals surface area contributed by atoms with Crippen molar-refractivity contribution in [2.45, 2.75) is 20.0 Å². The van der Waals surface area contributed by atoms with E-state index in [1.807, 2.05) is 6.07 Å². The Morgan fingerprint density at radius 3 is 2.32 bits per heavy atom. The molecule has 0 heterocycles. The molecule has 2 aromatic carbocycles. The van der Waals surface area contributed by atoms with Crippen molar-refractivity contribution >= 4 is 29.2 Å². The van der Waals surface area contributed by atoms with Gasteiger partial charge >= 0.3 is 5.97 Å². The van der Waals surface area contributed by atoms with Crippen molar-refractivity contribution < 1.29 is 23.9 Å². The first-order chi connectivity index (χ1) is 13.4. The van der Waals surface area contributed by atoms with Gasteiger partial charge < -0.3 is 20.1 Å². The minimum Gasteiger partial charge on any atom is -0.479 e. The fourth-order valence-electron chi connectivity index (χ4n) is 2.19. The minimum absolute atomic E-state index is 0.228. The van der Waals surface area contributed by atoms with Gasteiger partial charge in [-0.1, -0.05) is 6.07 Å². The number of amides is 2. The van der Waals surface area contributed by atoms with Crippen LogP contribution in [0.15, 0.2) is 48.5 Å². The van der Waals surface area contributed by atoms with Crippen LogP contribution < -0.4 is 15.4 Å². The maximum Gasteiger partial charge on any atom is 0.347 e. The minimum atomic E-state index is -0.927. The molecule has 0 bridgehead atoms. The van der Waals surface area contributed by atoms with Gasteiger partial charge in [0.15, 0.2) is 12.7 Å². The molecule has 0 aromatic heterocycles. The van der Waals surface area contributed by atoms with Crippen molar-refractivity contribution in [3.63, 3.8) is 0 Å². The predicted molar refractivity (Wildman–Crippen MR) is 102 cm³/mol. The molecule has 0 radical (unpaired) electrons. The van der Waals surface area contributed by atoms with Gasteiger partial charge in [-0.05, 0) is 49.4 Å². The Kier molecular flexibility index (Phi) is 7.11. The van der Waals surface area contributed by atoms with Gasteiger partial charge in [-0.2, -0.15) is 5.26 Å². The summed E-state index contributed by atoms with van der Waals surface area (Å²) in [7, 11) is 0. The van der Waals surface area contributed by atoms with E-state index in [-0.39, 0.29) is 5.91 Å². The van der Waals surface area contributed by atoms with Gasteiger partial charge in [-0.3, -0.25) is 9.59 Å². The van der Waals surface area contributed by atoms with Crippen LogP contribution >= 0.6 is 0 Å². The molecule has 0 fully saturated rings. The third-order valence-electron chi connectivity index (χ3n) is 3.44. The molecule has 8 nitrogen and oxygen atoms in total. The smallest absolute Gasteiger partial charge is 0.347 e. The topological polar surface area (TPSA) is 118 Å². The third-order valence-corrected chi connectivity index (χ3v) is 3.44. The Labute approximate surface area is 162 Å². The van der Waals surface area contributed by atoms with Crippen LogP contribution in [0.5, 0.6) is 5.75 Å². The molecule has 2 N–H and O–H groups in total. The summed E-state index contributed by atoms with van der Waals surface area (Å²) in [6, 6.07) is 14.8. The Morgan fingerprint density at radius 1 is 1.07 bits per heavy atom. The van der Waals surface area contributed by atoms with E-state index in [0.29, 0.717) is 22.7 Å². The van der Waals surface area contributed by atoms with Crippen LogP contribution in [-0.4, -0.2) is 30.5 Å². The summed E-state index contributed by atoms with van der Waals surface area (Å²) in [6.45, 7) is 2.39. The van der Waals surface area contributed by atoms with Crippen LogP contribution in [0.2, 0.25) is 0 Å². The van der Waals surface area contributed by atoms with Crippen LogP contribution in [0, 0.1) is 11.3 Å². The SMILES string of the molecule is CC(=O)Nc1cccc(NC(=O)COC(=O)[C@H](C)Oc2ccc(C#N)cc2)c1. The van der Waals surface area contributed by atoms with Crippen LogP contribution in [0.4, 0.5) is 11.4 Å². The van der Waals surface area contributed by atoms with Crippen LogP contribution in [0.25, 0.3) is 0 Å². The van der Waals surface area contributed by atoms with E-state index in [1.165, 1.54) is 13.8 Å². The molecule has 1 atom stereocenters. The number of nitrogens with zero attached hydrogens (tertiary/aromatic N) is 1. The van der Waals surface area contributed by atoms with Crippen LogP contribution in [0.1, 0.15) is 19.4 Å². The second-order valence-corrected chi connectivity index (χ2v) is 5.81. The zero-order valence-electron chi connectivity index (χ0n) is 15.4. The number of carbonyl (C=O) groups is 3. The molecule has 144 valence electrons. The molecule has 2 rings (SSSR count). The molecule has 0 unspecified atom stereocenters. The van der Waals surface area contributed by atoms with Crippen molar-refractivity contribution in [1.82, 2.24) is 0 Å². The standard InChI is InChI=1S/C20H19N3O5/c1-13(28-18-8-6-15(11-21)7-9-18)20(26)27-12-19(25)23-17-5-3-4-16(10-17)22-14(2)24/h3-10,13H,12H2,1-2H3,(H,22,24)(H,23,25)/t13-/m0/s1. The molecular weight excluding hydrogens is 362 g/mol. The first kappa shape index (κ1) is 20.5. The molecule has 8 heteroatoms. The summed E-state index contributed by atoms with van der Waals surface area (Å²) in [6.07, 6.45) is -0.927. The highest BCUT2D eigenvalue weighted by Crippen LogP contribution is 2.16. The largest absolute Gasteiger partial charge is 0.479 e. The molecule has 0 spiro atoms. The van der Waals surface area contributed by atoms with Gasteiger partial charge in [0.2, 0.25) is 5.91 Å². The monoisotopic (exact) mass is 381 g/mol. The van der Waals surface area contributed by atoms with Crippen LogP contribution in [0.3, 0.4) is 0 Å². The van der Waals surface area contributed by atoms with E-state index < -0.39 is 24.6 Å².